The number of aromatic nitrogens is 3. The predicted octanol–water partition coefficient (Wildman–Crippen LogP) is 3.40. The quantitative estimate of drug-likeness (QED) is 0.931. The van der Waals surface area contributed by atoms with Gasteiger partial charge in [0.2, 0.25) is 10.1 Å². The van der Waals surface area contributed by atoms with Crippen molar-refractivity contribution >= 4 is 21.4 Å². The van der Waals surface area contributed by atoms with Crippen LogP contribution in [0.1, 0.15) is 31.4 Å². The van der Waals surface area contributed by atoms with E-state index in [4.69, 9.17) is 4.74 Å². The molecule has 1 aliphatic carbocycles. The lowest BCUT2D eigenvalue weighted by molar-refractivity contribution is -0.187. The number of hydrogen-bond acceptors (Lipinski definition) is 5. The van der Waals surface area contributed by atoms with Gasteiger partial charge < -0.3 is 10.1 Å². The van der Waals surface area contributed by atoms with Gasteiger partial charge in [-0.15, -0.1) is 5.10 Å². The van der Waals surface area contributed by atoms with E-state index in [1.807, 2.05) is 13.1 Å². The number of nitrogens with zero attached hydrogens (tertiary/aromatic N) is 3. The van der Waals surface area contributed by atoms with E-state index in [0.29, 0.717) is 12.8 Å². The number of imidazole rings is 1. The van der Waals surface area contributed by atoms with Gasteiger partial charge >= 0.3 is 6.18 Å². The summed E-state index contributed by atoms with van der Waals surface area (Å²) in [6.45, 7) is 0.759. The highest BCUT2D eigenvalue weighted by Crippen LogP contribution is 2.27. The maximum absolute atomic E-state index is 12.1. The monoisotopic (exact) mass is 334 g/mol. The average molecular weight is 334 g/mol. The first kappa shape index (κ1) is 15.5. The Hall–Kier alpha value is -1.35. The summed E-state index contributed by atoms with van der Waals surface area (Å²) in [5.74, 6) is 0. The van der Waals surface area contributed by atoms with Crippen LogP contribution in [-0.2, 0) is 4.74 Å². The molecule has 1 saturated carbocycles. The van der Waals surface area contributed by atoms with Crippen molar-refractivity contribution in [3.05, 3.63) is 11.9 Å². The molecule has 5 nitrogen and oxygen atoms in total. The molecule has 0 atom stereocenters. The maximum atomic E-state index is 12.1. The van der Waals surface area contributed by atoms with Crippen LogP contribution in [0.3, 0.4) is 0 Å². The normalized spacial score (nSPS) is 23.1. The Bertz CT molecular complexity index is 599. The lowest BCUT2D eigenvalue weighted by Crippen LogP contribution is -2.32. The third-order valence-corrected chi connectivity index (χ3v) is 4.50. The van der Waals surface area contributed by atoms with Crippen molar-refractivity contribution < 1.29 is 17.9 Å². The van der Waals surface area contributed by atoms with Gasteiger partial charge in [-0.1, -0.05) is 11.3 Å². The first-order valence-corrected chi connectivity index (χ1v) is 7.98. The van der Waals surface area contributed by atoms with Crippen LogP contribution in [0.5, 0.6) is 0 Å². The molecule has 1 aliphatic rings. The molecular formula is C13H17F3N4OS. The number of nitrogens with one attached hydrogen (secondary N) is 1. The zero-order valence-electron chi connectivity index (χ0n) is 12.1. The number of aryl methyl sites for hydroxylation is 1. The van der Waals surface area contributed by atoms with E-state index in [9.17, 15) is 13.2 Å². The predicted molar refractivity (Wildman–Crippen MR) is 77.3 cm³/mol. The molecule has 0 saturated heterocycles. The van der Waals surface area contributed by atoms with Crippen LogP contribution in [0.15, 0.2) is 6.20 Å². The SMILES string of the molecule is Cc1cn2nc(NC3CCC(OCC(F)(F)F)CC3)sc2n1. The third-order valence-electron chi connectivity index (χ3n) is 3.65. The Balaban J connectivity index is 1.48. The van der Waals surface area contributed by atoms with Gasteiger partial charge in [0.1, 0.15) is 6.61 Å². The Labute approximate surface area is 129 Å². The topological polar surface area (TPSA) is 51.5 Å². The van der Waals surface area contributed by atoms with Crippen molar-refractivity contribution in [1.29, 1.82) is 0 Å². The molecule has 2 aromatic heterocycles. The highest BCUT2D eigenvalue weighted by atomic mass is 32.1. The van der Waals surface area contributed by atoms with Crippen molar-refractivity contribution in [2.24, 2.45) is 0 Å². The zero-order valence-corrected chi connectivity index (χ0v) is 12.9. The number of hydrogen-bond donors (Lipinski definition) is 1. The minimum atomic E-state index is -4.25. The molecule has 0 aliphatic heterocycles. The van der Waals surface area contributed by atoms with E-state index in [2.05, 4.69) is 15.4 Å². The van der Waals surface area contributed by atoms with E-state index in [0.717, 1.165) is 28.6 Å². The fourth-order valence-corrected chi connectivity index (χ4v) is 3.53. The summed E-state index contributed by atoms with van der Waals surface area (Å²) in [4.78, 5) is 5.17. The molecule has 2 heterocycles. The van der Waals surface area contributed by atoms with Crippen molar-refractivity contribution in [1.82, 2.24) is 14.6 Å². The van der Waals surface area contributed by atoms with Crippen LogP contribution < -0.4 is 5.32 Å². The standard InChI is InChI=1S/C13H17F3N4OS/c1-8-6-20-12(17-8)22-11(19-20)18-9-2-4-10(5-3-9)21-7-13(14,15)16/h6,9-10H,2-5,7H2,1H3,(H,18,19). The minimum absolute atomic E-state index is 0.225. The first-order valence-electron chi connectivity index (χ1n) is 7.17. The Morgan fingerprint density at radius 2 is 2.09 bits per heavy atom. The number of ether oxygens (including phenoxy) is 1. The number of fused-ring (bicyclic) bond motifs is 1. The summed E-state index contributed by atoms with van der Waals surface area (Å²) < 4.78 is 43.0. The Kier molecular flexibility index (Phi) is 4.26. The maximum Gasteiger partial charge on any atom is 0.411 e. The van der Waals surface area contributed by atoms with E-state index >= 15 is 0 Å². The van der Waals surface area contributed by atoms with Gasteiger partial charge in [-0.25, -0.2) is 9.50 Å². The molecule has 0 bridgehead atoms. The van der Waals surface area contributed by atoms with Gasteiger partial charge in [0.15, 0.2) is 0 Å². The lowest BCUT2D eigenvalue weighted by Gasteiger charge is -2.29. The van der Waals surface area contributed by atoms with E-state index in [1.54, 1.807) is 4.52 Å². The average Bonchev–Trinajstić information content (AvgIpc) is 2.93. The van der Waals surface area contributed by atoms with Crippen LogP contribution in [0.25, 0.3) is 4.96 Å². The molecule has 0 aromatic carbocycles. The molecule has 0 amide bonds. The molecule has 122 valence electrons. The number of anilines is 1. The number of rotatable bonds is 4. The summed E-state index contributed by atoms with van der Waals surface area (Å²) >= 11 is 1.48. The largest absolute Gasteiger partial charge is 0.411 e. The highest BCUT2D eigenvalue weighted by molar-refractivity contribution is 7.20. The third kappa shape index (κ3) is 3.89. The molecule has 3 rings (SSSR count). The summed E-state index contributed by atoms with van der Waals surface area (Å²) in [5, 5.41) is 8.53. The van der Waals surface area contributed by atoms with Crippen LogP contribution in [-0.4, -0.2) is 39.5 Å². The fourth-order valence-electron chi connectivity index (χ4n) is 2.63. The Morgan fingerprint density at radius 1 is 1.36 bits per heavy atom. The summed E-state index contributed by atoms with van der Waals surface area (Å²) in [5.41, 5.74) is 0.924. The molecule has 1 N–H and O–H groups in total. The summed E-state index contributed by atoms with van der Waals surface area (Å²) in [7, 11) is 0. The van der Waals surface area contributed by atoms with Gasteiger partial charge in [-0.2, -0.15) is 13.2 Å². The van der Waals surface area contributed by atoms with E-state index in [1.165, 1.54) is 11.3 Å². The molecule has 9 heteroatoms. The van der Waals surface area contributed by atoms with Crippen molar-refractivity contribution in [2.75, 3.05) is 11.9 Å². The lowest BCUT2D eigenvalue weighted by atomic mass is 9.93. The smallest absolute Gasteiger partial charge is 0.369 e. The molecular weight excluding hydrogens is 317 g/mol. The molecule has 1 fully saturated rings. The van der Waals surface area contributed by atoms with Crippen molar-refractivity contribution in [3.8, 4) is 0 Å². The minimum Gasteiger partial charge on any atom is -0.369 e. The molecule has 0 spiro atoms. The molecule has 0 unspecified atom stereocenters. The molecule has 22 heavy (non-hydrogen) atoms. The summed E-state index contributed by atoms with van der Waals surface area (Å²) in [6, 6.07) is 0.225. The first-order chi connectivity index (χ1) is 10.4. The van der Waals surface area contributed by atoms with Crippen LogP contribution in [0.2, 0.25) is 0 Å². The van der Waals surface area contributed by atoms with E-state index < -0.39 is 12.8 Å². The second kappa shape index (κ2) is 6.04. The van der Waals surface area contributed by atoms with Gasteiger partial charge in [0, 0.05) is 6.04 Å². The van der Waals surface area contributed by atoms with Crippen LogP contribution in [0, 0.1) is 6.92 Å². The number of halogens is 3. The van der Waals surface area contributed by atoms with E-state index in [-0.39, 0.29) is 12.1 Å². The molecule has 0 radical (unpaired) electrons. The Morgan fingerprint density at radius 3 is 2.73 bits per heavy atom. The highest BCUT2D eigenvalue weighted by Gasteiger charge is 2.31. The van der Waals surface area contributed by atoms with Gasteiger partial charge in [-0.3, -0.25) is 0 Å². The fraction of sp³-hybridized carbons (Fsp3) is 0.692. The van der Waals surface area contributed by atoms with Crippen molar-refractivity contribution in [3.63, 3.8) is 0 Å². The van der Waals surface area contributed by atoms with Crippen LogP contribution in [0.4, 0.5) is 18.3 Å². The van der Waals surface area contributed by atoms with Gasteiger partial charge in [-0.05, 0) is 32.6 Å². The number of alkyl halides is 3. The molecule has 2 aromatic rings. The van der Waals surface area contributed by atoms with Crippen molar-refractivity contribution in [2.45, 2.75) is 50.9 Å². The van der Waals surface area contributed by atoms with Gasteiger partial charge in [0.05, 0.1) is 18.0 Å². The van der Waals surface area contributed by atoms with Gasteiger partial charge in [0.25, 0.3) is 0 Å². The zero-order chi connectivity index (χ0) is 15.7. The second-order valence-corrected chi connectivity index (χ2v) is 6.52. The second-order valence-electron chi connectivity index (χ2n) is 5.56. The summed E-state index contributed by atoms with van der Waals surface area (Å²) in [6.07, 6.45) is 0.148. The van der Waals surface area contributed by atoms with Crippen LogP contribution >= 0.6 is 11.3 Å².